The van der Waals surface area contributed by atoms with Gasteiger partial charge in [-0.25, -0.2) is 9.78 Å². The van der Waals surface area contributed by atoms with E-state index in [1.54, 1.807) is 6.20 Å². The summed E-state index contributed by atoms with van der Waals surface area (Å²) < 4.78 is 4.72. The highest BCUT2D eigenvalue weighted by Gasteiger charge is 2.37. The lowest BCUT2D eigenvalue weighted by molar-refractivity contribution is -0.135. The van der Waals surface area contributed by atoms with E-state index in [4.69, 9.17) is 4.74 Å². The largest absolute Gasteiger partial charge is 0.453 e. The third kappa shape index (κ3) is 6.19. The molecule has 1 aliphatic rings. The molecular weight excluding hydrogens is 492 g/mol. The van der Waals surface area contributed by atoms with Crippen molar-refractivity contribution in [1.82, 2.24) is 25.5 Å². The molecule has 2 atom stereocenters. The number of H-pyrrole nitrogens is 1. The van der Waals surface area contributed by atoms with E-state index in [9.17, 15) is 9.59 Å². The summed E-state index contributed by atoms with van der Waals surface area (Å²) in [5.74, 6) is 0.550. The fourth-order valence-corrected chi connectivity index (χ4v) is 4.90. The van der Waals surface area contributed by atoms with Gasteiger partial charge in [0.05, 0.1) is 30.7 Å². The lowest BCUT2D eigenvalue weighted by Gasteiger charge is -2.30. The Hall–Kier alpha value is -4.40. The predicted octanol–water partition coefficient (Wildman–Crippen LogP) is 5.01. The Morgan fingerprint density at radius 2 is 1.77 bits per heavy atom. The minimum Gasteiger partial charge on any atom is -0.453 e. The summed E-state index contributed by atoms with van der Waals surface area (Å²) >= 11 is 0. The van der Waals surface area contributed by atoms with E-state index in [-0.39, 0.29) is 17.9 Å². The van der Waals surface area contributed by atoms with Crippen LogP contribution in [0.1, 0.15) is 44.1 Å². The van der Waals surface area contributed by atoms with Crippen molar-refractivity contribution in [2.45, 2.75) is 38.8 Å². The number of ether oxygens (including phenoxy) is 1. The number of methoxy groups -OCH3 is 1. The first-order chi connectivity index (χ1) is 18.9. The van der Waals surface area contributed by atoms with Crippen molar-refractivity contribution in [3.05, 3.63) is 72.3 Å². The normalized spacial score (nSPS) is 16.2. The molecular formula is C30H36N6O3. The third-order valence-electron chi connectivity index (χ3n) is 7.05. The van der Waals surface area contributed by atoms with Gasteiger partial charge in [0.1, 0.15) is 11.9 Å². The zero-order chi connectivity index (χ0) is 27.9. The zero-order valence-corrected chi connectivity index (χ0v) is 22.9. The number of carbonyl (C=O) groups is 2. The van der Waals surface area contributed by atoms with Crippen LogP contribution in [0, 0.1) is 5.92 Å². The second-order valence-corrected chi connectivity index (χ2v) is 9.86. The van der Waals surface area contributed by atoms with Crippen LogP contribution in [0.3, 0.4) is 0 Å². The van der Waals surface area contributed by atoms with Gasteiger partial charge in [0.15, 0.2) is 0 Å². The molecule has 2 aromatic carbocycles. The lowest BCUT2D eigenvalue weighted by atomic mass is 10.0. The minimum atomic E-state index is -0.659. The molecule has 0 radical (unpaired) electrons. The fourth-order valence-electron chi connectivity index (χ4n) is 4.90. The highest BCUT2D eigenvalue weighted by molar-refractivity contribution is 5.86. The molecule has 204 valence electrons. The van der Waals surface area contributed by atoms with Gasteiger partial charge in [-0.3, -0.25) is 9.79 Å². The van der Waals surface area contributed by atoms with Crippen molar-refractivity contribution in [1.29, 1.82) is 0 Å². The second-order valence-electron chi connectivity index (χ2n) is 9.86. The number of alkyl carbamates (subject to hydrolysis) is 1. The van der Waals surface area contributed by atoms with Crippen LogP contribution in [-0.2, 0) is 9.53 Å². The number of aromatic amines is 1. The summed E-state index contributed by atoms with van der Waals surface area (Å²) in [5.41, 5.74) is 6.06. The summed E-state index contributed by atoms with van der Waals surface area (Å²) in [7, 11) is 3.15. The van der Waals surface area contributed by atoms with E-state index >= 15 is 0 Å². The summed E-state index contributed by atoms with van der Waals surface area (Å²) in [6, 6.07) is 15.7. The number of nitrogens with zero attached hydrogens (tertiary/aromatic N) is 3. The number of likely N-dealkylation sites (tertiary alicyclic amines) is 1. The van der Waals surface area contributed by atoms with Gasteiger partial charge in [0.2, 0.25) is 5.91 Å². The number of aromatic nitrogens is 2. The standard InChI is InChI=1S/C30H36N6O3/c1-19(2)27(35-30(38)39-5)29(37)36-16-6-7-26(36)28-33-18-25(34-28)23-14-10-21(11-15-23)20-8-12-22(13-9-20)24(32-4)17-31-3/h8-15,17-19,26-27,32H,3,6-7,16H2,1-2,4-5H3,(H,33,34)(H,35,38)/b24-17-/t26?,27-/m0/s1. The van der Waals surface area contributed by atoms with Gasteiger partial charge in [-0.2, -0.15) is 0 Å². The first-order valence-corrected chi connectivity index (χ1v) is 13.1. The van der Waals surface area contributed by atoms with Crippen molar-refractivity contribution in [3.8, 4) is 22.4 Å². The second kappa shape index (κ2) is 12.4. The fraction of sp³-hybridized carbons (Fsp3) is 0.333. The van der Waals surface area contributed by atoms with E-state index in [1.165, 1.54) is 7.11 Å². The molecule has 9 nitrogen and oxygen atoms in total. The van der Waals surface area contributed by atoms with Crippen molar-refractivity contribution >= 4 is 24.4 Å². The van der Waals surface area contributed by atoms with Gasteiger partial charge in [-0.15, -0.1) is 0 Å². The highest BCUT2D eigenvalue weighted by atomic mass is 16.5. The number of carbonyl (C=O) groups excluding carboxylic acids is 2. The molecule has 2 amide bonds. The topological polar surface area (TPSA) is 112 Å². The number of benzene rings is 2. The zero-order valence-electron chi connectivity index (χ0n) is 22.9. The molecule has 39 heavy (non-hydrogen) atoms. The highest BCUT2D eigenvalue weighted by Crippen LogP contribution is 2.33. The Kier molecular flexibility index (Phi) is 8.81. The Labute approximate surface area is 229 Å². The van der Waals surface area contributed by atoms with E-state index in [1.807, 2.05) is 32.0 Å². The maximum atomic E-state index is 13.4. The van der Waals surface area contributed by atoms with Crippen molar-refractivity contribution in [2.75, 3.05) is 20.7 Å². The third-order valence-corrected chi connectivity index (χ3v) is 7.05. The smallest absolute Gasteiger partial charge is 0.407 e. The Morgan fingerprint density at radius 3 is 2.36 bits per heavy atom. The molecule has 1 saturated heterocycles. The maximum absolute atomic E-state index is 13.4. The molecule has 0 bridgehead atoms. The molecule has 1 aliphatic heterocycles. The first-order valence-electron chi connectivity index (χ1n) is 13.1. The molecule has 1 fully saturated rings. The average molecular weight is 529 g/mol. The summed E-state index contributed by atoms with van der Waals surface area (Å²) in [6.45, 7) is 7.96. The monoisotopic (exact) mass is 528 g/mol. The Morgan fingerprint density at radius 1 is 1.13 bits per heavy atom. The molecule has 4 rings (SSSR count). The quantitative estimate of drug-likeness (QED) is 0.338. The van der Waals surface area contributed by atoms with Crippen molar-refractivity contribution in [2.24, 2.45) is 10.9 Å². The number of rotatable bonds is 9. The maximum Gasteiger partial charge on any atom is 0.407 e. The summed E-state index contributed by atoms with van der Waals surface area (Å²) in [5, 5.41) is 5.82. The molecule has 3 aromatic rings. The Bertz CT molecular complexity index is 1330. The number of hydrogen-bond acceptors (Lipinski definition) is 6. The molecule has 2 heterocycles. The van der Waals surface area contributed by atoms with Gasteiger partial charge in [0, 0.05) is 19.8 Å². The van der Waals surface area contributed by atoms with E-state index < -0.39 is 12.1 Å². The molecule has 1 unspecified atom stereocenters. The van der Waals surface area contributed by atoms with Crippen LogP contribution < -0.4 is 10.6 Å². The molecule has 0 spiro atoms. The lowest BCUT2D eigenvalue weighted by Crippen LogP contribution is -2.51. The molecule has 9 heteroatoms. The first kappa shape index (κ1) is 27.6. The van der Waals surface area contributed by atoms with Crippen LogP contribution in [-0.4, -0.2) is 60.3 Å². The van der Waals surface area contributed by atoms with Gasteiger partial charge in [-0.05, 0) is 47.7 Å². The molecule has 0 saturated carbocycles. The van der Waals surface area contributed by atoms with E-state index in [0.29, 0.717) is 6.54 Å². The Balaban J connectivity index is 1.49. The van der Waals surface area contributed by atoms with Gasteiger partial charge >= 0.3 is 6.09 Å². The molecule has 1 aromatic heterocycles. The van der Waals surface area contributed by atoms with E-state index in [2.05, 4.69) is 80.8 Å². The number of nitrogens with one attached hydrogen (secondary N) is 3. The average Bonchev–Trinajstić information content (AvgIpc) is 3.64. The van der Waals surface area contributed by atoms with Crippen LogP contribution in [0.5, 0.6) is 0 Å². The van der Waals surface area contributed by atoms with Crippen LogP contribution in [0.4, 0.5) is 4.79 Å². The van der Waals surface area contributed by atoms with Gasteiger partial charge in [-0.1, -0.05) is 62.4 Å². The SMILES string of the molecule is C=N/C=C(\NC)c1ccc(-c2ccc(-c3cnc(C4CCCN4C(=O)[C@@H](NC(=O)OC)C(C)C)[nH]3)cc2)cc1. The van der Waals surface area contributed by atoms with Crippen LogP contribution in [0.15, 0.2) is 65.9 Å². The van der Waals surface area contributed by atoms with Crippen LogP contribution in [0.25, 0.3) is 28.1 Å². The van der Waals surface area contributed by atoms with Crippen molar-refractivity contribution < 1.29 is 14.3 Å². The van der Waals surface area contributed by atoms with Gasteiger partial charge < -0.3 is 25.3 Å². The van der Waals surface area contributed by atoms with Gasteiger partial charge in [0.25, 0.3) is 0 Å². The van der Waals surface area contributed by atoms with Crippen LogP contribution >= 0.6 is 0 Å². The summed E-state index contributed by atoms with van der Waals surface area (Å²) in [6.07, 6.45) is 4.58. The number of aliphatic imine (C=N–C) groups is 1. The van der Waals surface area contributed by atoms with E-state index in [0.717, 1.165) is 52.3 Å². The summed E-state index contributed by atoms with van der Waals surface area (Å²) in [4.78, 5) is 38.9. The minimum absolute atomic E-state index is 0.0780. The number of amides is 2. The molecule has 3 N–H and O–H groups in total. The number of imidazole rings is 1. The van der Waals surface area contributed by atoms with Crippen LogP contribution in [0.2, 0.25) is 0 Å². The molecule has 0 aliphatic carbocycles. The van der Waals surface area contributed by atoms with Crippen molar-refractivity contribution in [3.63, 3.8) is 0 Å². The number of hydrogen-bond donors (Lipinski definition) is 3. The predicted molar refractivity (Wildman–Crippen MR) is 154 cm³/mol.